The summed E-state index contributed by atoms with van der Waals surface area (Å²) in [6.07, 6.45) is 4.18. The molecule has 0 saturated heterocycles. The standard InChI is InChI=1S/C19H18O3/c1-3-4-13-5-7-16-15(9-13)12(2)19(22-16)14-6-8-17-18(10-14)21-11-20-17/h3-10,12,19H,11H2,1-2H3/t12-,19-/m1/s1. The highest BCUT2D eigenvalue weighted by atomic mass is 16.7. The zero-order valence-corrected chi connectivity index (χ0v) is 12.7. The van der Waals surface area contributed by atoms with E-state index in [-0.39, 0.29) is 6.10 Å². The highest BCUT2D eigenvalue weighted by Gasteiger charge is 2.33. The molecule has 0 amide bonds. The van der Waals surface area contributed by atoms with Crippen molar-refractivity contribution >= 4 is 6.08 Å². The van der Waals surface area contributed by atoms with Crippen LogP contribution in [-0.2, 0) is 0 Å². The molecule has 4 rings (SSSR count). The van der Waals surface area contributed by atoms with Crippen molar-refractivity contribution in [2.45, 2.75) is 25.9 Å². The first-order chi connectivity index (χ1) is 10.8. The van der Waals surface area contributed by atoms with E-state index >= 15 is 0 Å². The van der Waals surface area contributed by atoms with Crippen molar-refractivity contribution < 1.29 is 14.2 Å². The Morgan fingerprint density at radius 3 is 2.68 bits per heavy atom. The molecule has 2 heterocycles. The minimum Gasteiger partial charge on any atom is -0.485 e. The molecule has 2 aliphatic rings. The van der Waals surface area contributed by atoms with Crippen molar-refractivity contribution in [2.75, 3.05) is 6.79 Å². The fraction of sp³-hybridized carbons (Fsp3) is 0.263. The normalized spacial score (nSPS) is 21.9. The Balaban J connectivity index is 1.68. The SMILES string of the molecule is CC=Cc1ccc2c(c1)[C@@H](C)[C@H](c1ccc3c(c1)OCO3)O2. The van der Waals surface area contributed by atoms with E-state index in [1.807, 2.05) is 19.1 Å². The van der Waals surface area contributed by atoms with Crippen LogP contribution in [0.1, 0.15) is 42.6 Å². The molecule has 112 valence electrons. The number of hydrogen-bond donors (Lipinski definition) is 0. The van der Waals surface area contributed by atoms with Gasteiger partial charge in [-0.2, -0.15) is 0 Å². The van der Waals surface area contributed by atoms with Crippen LogP contribution in [0.5, 0.6) is 17.2 Å². The molecule has 2 atom stereocenters. The third kappa shape index (κ3) is 2.05. The number of allylic oxidation sites excluding steroid dienone is 1. The van der Waals surface area contributed by atoms with Gasteiger partial charge in [0.15, 0.2) is 11.5 Å². The average Bonchev–Trinajstić information content (AvgIpc) is 3.12. The number of hydrogen-bond acceptors (Lipinski definition) is 3. The lowest BCUT2D eigenvalue weighted by molar-refractivity contribution is 0.173. The van der Waals surface area contributed by atoms with Crippen LogP contribution in [0, 0.1) is 0 Å². The fourth-order valence-corrected chi connectivity index (χ4v) is 3.17. The molecule has 0 spiro atoms. The van der Waals surface area contributed by atoms with Crippen LogP contribution in [0.15, 0.2) is 42.5 Å². The molecule has 0 radical (unpaired) electrons. The summed E-state index contributed by atoms with van der Waals surface area (Å²) in [4.78, 5) is 0. The van der Waals surface area contributed by atoms with Crippen molar-refractivity contribution in [1.29, 1.82) is 0 Å². The van der Waals surface area contributed by atoms with E-state index in [0.717, 1.165) is 22.8 Å². The lowest BCUT2D eigenvalue weighted by Gasteiger charge is -2.16. The van der Waals surface area contributed by atoms with Gasteiger partial charge >= 0.3 is 0 Å². The Labute approximate surface area is 130 Å². The second kappa shape index (κ2) is 5.09. The predicted molar refractivity (Wildman–Crippen MR) is 85.5 cm³/mol. The van der Waals surface area contributed by atoms with Gasteiger partial charge in [-0.05, 0) is 42.3 Å². The lowest BCUT2D eigenvalue weighted by Crippen LogP contribution is -2.07. The number of fused-ring (bicyclic) bond motifs is 2. The molecule has 2 aromatic carbocycles. The van der Waals surface area contributed by atoms with E-state index in [1.165, 1.54) is 11.1 Å². The summed E-state index contributed by atoms with van der Waals surface area (Å²) in [5, 5.41) is 0. The van der Waals surface area contributed by atoms with Crippen LogP contribution < -0.4 is 14.2 Å². The first-order valence-corrected chi connectivity index (χ1v) is 7.59. The van der Waals surface area contributed by atoms with Gasteiger partial charge in [-0.3, -0.25) is 0 Å². The van der Waals surface area contributed by atoms with Gasteiger partial charge in [0.1, 0.15) is 11.9 Å². The summed E-state index contributed by atoms with van der Waals surface area (Å²) in [5.74, 6) is 2.89. The quantitative estimate of drug-likeness (QED) is 0.804. The zero-order valence-electron chi connectivity index (χ0n) is 12.7. The van der Waals surface area contributed by atoms with E-state index < -0.39 is 0 Å². The molecule has 0 fully saturated rings. The Bertz CT molecular complexity index is 748. The molecular weight excluding hydrogens is 276 g/mol. The van der Waals surface area contributed by atoms with Crippen LogP contribution in [0.2, 0.25) is 0 Å². The molecule has 0 N–H and O–H groups in total. The van der Waals surface area contributed by atoms with Gasteiger partial charge in [0.05, 0.1) is 0 Å². The summed E-state index contributed by atoms with van der Waals surface area (Å²) in [6.45, 7) is 4.54. The van der Waals surface area contributed by atoms with E-state index in [4.69, 9.17) is 14.2 Å². The average molecular weight is 294 g/mol. The number of benzene rings is 2. The molecule has 3 heteroatoms. The molecule has 0 aromatic heterocycles. The topological polar surface area (TPSA) is 27.7 Å². The van der Waals surface area contributed by atoms with E-state index in [1.54, 1.807) is 0 Å². The van der Waals surface area contributed by atoms with Crippen LogP contribution in [-0.4, -0.2) is 6.79 Å². The maximum atomic E-state index is 6.18. The summed E-state index contributed by atoms with van der Waals surface area (Å²) in [5.41, 5.74) is 3.60. The molecule has 3 nitrogen and oxygen atoms in total. The van der Waals surface area contributed by atoms with Crippen molar-refractivity contribution in [3.05, 3.63) is 59.2 Å². The summed E-state index contributed by atoms with van der Waals surface area (Å²) in [7, 11) is 0. The van der Waals surface area contributed by atoms with Crippen molar-refractivity contribution in [1.82, 2.24) is 0 Å². The maximum Gasteiger partial charge on any atom is 0.231 e. The van der Waals surface area contributed by atoms with Crippen LogP contribution >= 0.6 is 0 Å². The fourth-order valence-electron chi connectivity index (χ4n) is 3.17. The van der Waals surface area contributed by atoms with Gasteiger partial charge in [-0.1, -0.05) is 31.2 Å². The smallest absolute Gasteiger partial charge is 0.231 e. The van der Waals surface area contributed by atoms with Gasteiger partial charge in [0.2, 0.25) is 6.79 Å². The van der Waals surface area contributed by atoms with Crippen molar-refractivity contribution in [3.8, 4) is 17.2 Å². The Morgan fingerprint density at radius 1 is 1.00 bits per heavy atom. The molecule has 0 unspecified atom stereocenters. The highest BCUT2D eigenvalue weighted by Crippen LogP contribution is 2.47. The van der Waals surface area contributed by atoms with Gasteiger partial charge < -0.3 is 14.2 Å². The van der Waals surface area contributed by atoms with Crippen molar-refractivity contribution in [2.24, 2.45) is 0 Å². The molecular formula is C19H18O3. The summed E-state index contributed by atoms with van der Waals surface area (Å²) in [6, 6.07) is 12.4. The predicted octanol–water partition coefficient (Wildman–Crippen LogP) is 4.69. The van der Waals surface area contributed by atoms with Gasteiger partial charge in [-0.25, -0.2) is 0 Å². The first kappa shape index (κ1) is 13.3. The number of rotatable bonds is 2. The Kier molecular flexibility index (Phi) is 3.07. The van der Waals surface area contributed by atoms with E-state index in [0.29, 0.717) is 12.7 Å². The first-order valence-electron chi connectivity index (χ1n) is 7.59. The molecule has 0 bridgehead atoms. The Hall–Kier alpha value is -2.42. The van der Waals surface area contributed by atoms with Crippen LogP contribution in [0.4, 0.5) is 0 Å². The molecule has 22 heavy (non-hydrogen) atoms. The number of ether oxygens (including phenoxy) is 3. The summed E-state index contributed by atoms with van der Waals surface area (Å²) >= 11 is 0. The highest BCUT2D eigenvalue weighted by molar-refractivity contribution is 5.56. The minimum absolute atomic E-state index is 0.0188. The Morgan fingerprint density at radius 2 is 1.82 bits per heavy atom. The van der Waals surface area contributed by atoms with Gasteiger partial charge in [0.25, 0.3) is 0 Å². The van der Waals surface area contributed by atoms with Crippen LogP contribution in [0.25, 0.3) is 6.08 Å². The molecule has 2 aromatic rings. The van der Waals surface area contributed by atoms with E-state index in [2.05, 4.69) is 43.3 Å². The second-order valence-electron chi connectivity index (χ2n) is 5.74. The molecule has 0 aliphatic carbocycles. The monoisotopic (exact) mass is 294 g/mol. The maximum absolute atomic E-state index is 6.18. The zero-order chi connectivity index (χ0) is 15.1. The second-order valence-corrected chi connectivity index (χ2v) is 5.74. The van der Waals surface area contributed by atoms with Crippen LogP contribution in [0.3, 0.4) is 0 Å². The van der Waals surface area contributed by atoms with E-state index in [9.17, 15) is 0 Å². The van der Waals surface area contributed by atoms with Gasteiger partial charge in [0, 0.05) is 11.5 Å². The van der Waals surface area contributed by atoms with Crippen molar-refractivity contribution in [3.63, 3.8) is 0 Å². The molecule has 2 aliphatic heterocycles. The summed E-state index contributed by atoms with van der Waals surface area (Å²) < 4.78 is 17.0. The molecule has 0 saturated carbocycles. The third-order valence-corrected chi connectivity index (χ3v) is 4.32. The minimum atomic E-state index is 0.0188. The van der Waals surface area contributed by atoms with Gasteiger partial charge in [-0.15, -0.1) is 0 Å². The lowest BCUT2D eigenvalue weighted by atomic mass is 9.92. The largest absolute Gasteiger partial charge is 0.485 e. The third-order valence-electron chi connectivity index (χ3n) is 4.32.